The second-order valence-electron chi connectivity index (χ2n) is 6.40. The van der Waals surface area contributed by atoms with Crippen LogP contribution in [-0.4, -0.2) is 23.4 Å². The number of nitrogen functional groups attached to an aromatic ring is 1. The molecule has 1 heterocycles. The molecule has 0 fully saturated rings. The van der Waals surface area contributed by atoms with Gasteiger partial charge in [0.2, 0.25) is 0 Å². The lowest BCUT2D eigenvalue weighted by atomic mass is 9.84. The molecule has 2 aromatic rings. The maximum Gasteiger partial charge on any atom is 0.119 e. The first-order valence-electron chi connectivity index (χ1n) is 8.01. The third kappa shape index (κ3) is 5.19. The smallest absolute Gasteiger partial charge is 0.119 e. The highest BCUT2D eigenvalue weighted by atomic mass is 16.5. The number of nitrogens with two attached hydrogens (primary N) is 1. The van der Waals surface area contributed by atoms with Crippen LogP contribution in [-0.2, 0) is 16.6 Å². The topological polar surface area (TPSA) is 63.9 Å². The number of nitrogens with zero attached hydrogens (tertiary/aromatic N) is 1. The van der Waals surface area contributed by atoms with Crippen molar-refractivity contribution in [3.63, 3.8) is 0 Å². The van der Waals surface area contributed by atoms with Crippen molar-refractivity contribution in [3.05, 3.63) is 47.7 Å². The number of anilines is 1. The van der Waals surface area contributed by atoms with Crippen molar-refractivity contribution in [1.29, 1.82) is 0 Å². The number of hydrogen-bond donors (Lipinski definition) is 2. The summed E-state index contributed by atoms with van der Waals surface area (Å²) in [4.78, 5) is 0. The van der Waals surface area contributed by atoms with Gasteiger partial charge < -0.3 is 10.5 Å². The number of ether oxygens (including phenoxy) is 1. The maximum absolute atomic E-state index is 5.74. The zero-order valence-electron chi connectivity index (χ0n) is 13.6. The molecule has 0 aliphatic rings. The third-order valence-corrected chi connectivity index (χ3v) is 3.98. The van der Waals surface area contributed by atoms with E-state index in [0.717, 1.165) is 44.6 Å². The summed E-state index contributed by atoms with van der Waals surface area (Å²) in [6.07, 6.45) is 4.23. The largest absolute Gasteiger partial charge is 0.384 e. The second-order valence-corrected chi connectivity index (χ2v) is 6.40. The molecule has 0 aliphatic heterocycles. The number of H-pyrrole nitrogens is 1. The van der Waals surface area contributed by atoms with Crippen LogP contribution in [0.4, 0.5) is 5.82 Å². The lowest BCUT2D eigenvalue weighted by Gasteiger charge is -2.21. The van der Waals surface area contributed by atoms with Gasteiger partial charge in [0.1, 0.15) is 5.82 Å². The Hall–Kier alpha value is -1.81. The van der Waals surface area contributed by atoms with Gasteiger partial charge in [-0.25, -0.2) is 0 Å². The summed E-state index contributed by atoms with van der Waals surface area (Å²) < 4.78 is 5.74. The first-order chi connectivity index (χ1) is 10.6. The van der Waals surface area contributed by atoms with Gasteiger partial charge in [0, 0.05) is 24.7 Å². The molecule has 1 aromatic heterocycles. The van der Waals surface area contributed by atoms with E-state index in [9.17, 15) is 0 Å². The van der Waals surface area contributed by atoms with Crippen molar-refractivity contribution >= 4 is 5.82 Å². The Morgan fingerprint density at radius 2 is 1.86 bits per heavy atom. The summed E-state index contributed by atoms with van der Waals surface area (Å²) in [5.74, 6) is 0.625. The lowest BCUT2D eigenvalue weighted by Crippen LogP contribution is -2.18. The predicted octanol–water partition coefficient (Wildman–Crippen LogP) is 3.70. The molecule has 0 saturated carbocycles. The molecule has 3 N–H and O–H groups in total. The number of aromatic amines is 1. The van der Waals surface area contributed by atoms with Gasteiger partial charge in [-0.2, -0.15) is 5.10 Å². The Morgan fingerprint density at radius 3 is 2.55 bits per heavy atom. The first-order valence-corrected chi connectivity index (χ1v) is 8.01. The van der Waals surface area contributed by atoms with Crippen LogP contribution in [0.2, 0.25) is 0 Å². The molecular formula is C18H27N3O. The number of benzene rings is 1. The quantitative estimate of drug-likeness (QED) is 0.694. The van der Waals surface area contributed by atoms with Crippen LogP contribution in [0.25, 0.3) is 0 Å². The average molecular weight is 301 g/mol. The number of rotatable bonds is 9. The standard InChI is InChI=1S/C18H27N3O/c1-18(2,16-14-17(19)21-20-16)11-7-13-22-12-6-10-15-8-4-3-5-9-15/h3-5,8-9,14H,6-7,10-13H2,1-2H3,(H3,19,20,21). The minimum Gasteiger partial charge on any atom is -0.384 e. The number of hydrogen-bond acceptors (Lipinski definition) is 3. The Morgan fingerprint density at radius 1 is 1.14 bits per heavy atom. The van der Waals surface area contributed by atoms with E-state index in [2.05, 4.69) is 54.4 Å². The Balaban J connectivity index is 1.57. The Labute approximate surface area is 133 Å². The fourth-order valence-electron chi connectivity index (χ4n) is 2.55. The van der Waals surface area contributed by atoms with Gasteiger partial charge >= 0.3 is 0 Å². The summed E-state index contributed by atoms with van der Waals surface area (Å²) in [6.45, 7) is 6.01. The SMILES string of the molecule is CC(C)(CCCOCCCc1ccccc1)c1cc(N)[nH]n1. The van der Waals surface area contributed by atoms with E-state index < -0.39 is 0 Å². The summed E-state index contributed by atoms with van der Waals surface area (Å²) in [6, 6.07) is 12.5. The minimum atomic E-state index is 0.0293. The van der Waals surface area contributed by atoms with Gasteiger partial charge in [0.25, 0.3) is 0 Å². The van der Waals surface area contributed by atoms with Crippen molar-refractivity contribution in [3.8, 4) is 0 Å². The van der Waals surface area contributed by atoms with Crippen LogP contribution in [0, 0.1) is 0 Å². The molecule has 0 spiro atoms. The molecule has 0 aliphatic carbocycles. The van der Waals surface area contributed by atoms with E-state index in [0.29, 0.717) is 5.82 Å². The summed E-state index contributed by atoms with van der Waals surface area (Å²) in [5, 5.41) is 7.06. The molecule has 1 aromatic carbocycles. The highest BCUT2D eigenvalue weighted by molar-refractivity contribution is 5.31. The zero-order valence-corrected chi connectivity index (χ0v) is 13.6. The molecule has 0 saturated heterocycles. The Kier molecular flexibility index (Phi) is 6.01. The summed E-state index contributed by atoms with van der Waals surface area (Å²) in [7, 11) is 0. The van der Waals surface area contributed by atoms with Crippen LogP contribution in [0.3, 0.4) is 0 Å². The van der Waals surface area contributed by atoms with E-state index in [1.807, 2.05) is 6.07 Å². The highest BCUT2D eigenvalue weighted by Crippen LogP contribution is 2.27. The van der Waals surface area contributed by atoms with Crippen molar-refractivity contribution in [1.82, 2.24) is 10.2 Å². The van der Waals surface area contributed by atoms with Crippen LogP contribution in [0.1, 0.15) is 44.4 Å². The van der Waals surface area contributed by atoms with Gasteiger partial charge in [-0.05, 0) is 31.2 Å². The Bertz CT molecular complexity index is 548. The van der Waals surface area contributed by atoms with E-state index in [-0.39, 0.29) is 5.41 Å². The van der Waals surface area contributed by atoms with Crippen molar-refractivity contribution < 1.29 is 4.74 Å². The molecule has 0 radical (unpaired) electrons. The molecule has 0 atom stereocenters. The van der Waals surface area contributed by atoms with Crippen molar-refractivity contribution in [2.24, 2.45) is 0 Å². The number of aromatic nitrogens is 2. The van der Waals surface area contributed by atoms with Crippen LogP contribution < -0.4 is 5.73 Å². The number of aryl methyl sites for hydroxylation is 1. The lowest BCUT2D eigenvalue weighted by molar-refractivity contribution is 0.124. The maximum atomic E-state index is 5.74. The molecule has 22 heavy (non-hydrogen) atoms. The van der Waals surface area contributed by atoms with Crippen LogP contribution in [0.15, 0.2) is 36.4 Å². The fourth-order valence-corrected chi connectivity index (χ4v) is 2.55. The fraction of sp³-hybridized carbons (Fsp3) is 0.500. The van der Waals surface area contributed by atoms with Gasteiger partial charge in [0.05, 0.1) is 5.69 Å². The van der Waals surface area contributed by atoms with Crippen LogP contribution in [0.5, 0.6) is 0 Å². The normalized spacial score (nSPS) is 11.7. The number of nitrogens with one attached hydrogen (secondary N) is 1. The van der Waals surface area contributed by atoms with Crippen molar-refractivity contribution in [2.75, 3.05) is 18.9 Å². The van der Waals surface area contributed by atoms with E-state index in [1.165, 1.54) is 5.56 Å². The molecule has 2 rings (SSSR count). The van der Waals surface area contributed by atoms with Gasteiger partial charge in [-0.15, -0.1) is 0 Å². The molecule has 0 bridgehead atoms. The second kappa shape index (κ2) is 7.99. The molecular weight excluding hydrogens is 274 g/mol. The molecule has 0 amide bonds. The van der Waals surface area contributed by atoms with Crippen molar-refractivity contribution in [2.45, 2.75) is 44.9 Å². The van der Waals surface area contributed by atoms with E-state index in [4.69, 9.17) is 10.5 Å². The van der Waals surface area contributed by atoms with Gasteiger partial charge in [-0.3, -0.25) is 5.10 Å². The highest BCUT2D eigenvalue weighted by Gasteiger charge is 2.22. The summed E-state index contributed by atoms with van der Waals surface area (Å²) in [5.41, 5.74) is 8.12. The monoisotopic (exact) mass is 301 g/mol. The molecule has 4 heteroatoms. The van der Waals surface area contributed by atoms with E-state index in [1.54, 1.807) is 0 Å². The first kappa shape index (κ1) is 16.6. The van der Waals surface area contributed by atoms with E-state index >= 15 is 0 Å². The van der Waals surface area contributed by atoms with Gasteiger partial charge in [0.15, 0.2) is 0 Å². The average Bonchev–Trinajstić information content (AvgIpc) is 2.95. The molecule has 4 nitrogen and oxygen atoms in total. The van der Waals surface area contributed by atoms with Crippen LogP contribution >= 0.6 is 0 Å². The molecule has 0 unspecified atom stereocenters. The predicted molar refractivity (Wildman–Crippen MR) is 90.8 cm³/mol. The van der Waals surface area contributed by atoms with Gasteiger partial charge in [-0.1, -0.05) is 44.2 Å². The molecule has 120 valence electrons. The summed E-state index contributed by atoms with van der Waals surface area (Å²) >= 11 is 0. The minimum absolute atomic E-state index is 0.0293. The third-order valence-electron chi connectivity index (χ3n) is 3.98. The zero-order chi connectivity index (χ0) is 15.8.